The summed E-state index contributed by atoms with van der Waals surface area (Å²) in [6.45, 7) is 2.01. The molecular formula is C10H10N2OS. The van der Waals surface area contributed by atoms with Crippen LogP contribution < -0.4 is 5.32 Å². The predicted octanol–water partition coefficient (Wildman–Crippen LogP) is 2.90. The van der Waals surface area contributed by atoms with Crippen molar-refractivity contribution in [2.24, 2.45) is 0 Å². The molecule has 0 saturated carbocycles. The molecule has 2 N–H and O–H groups in total. The average Bonchev–Trinajstić information content (AvgIpc) is 2.51. The molecule has 0 saturated heterocycles. The molecule has 0 bridgehead atoms. The van der Waals surface area contributed by atoms with Crippen LogP contribution in [0.25, 0.3) is 0 Å². The minimum absolute atomic E-state index is 0.253. The van der Waals surface area contributed by atoms with Gasteiger partial charge in [-0.05, 0) is 19.1 Å². The minimum atomic E-state index is 0.253. The molecule has 0 fully saturated rings. The van der Waals surface area contributed by atoms with Gasteiger partial charge in [0.2, 0.25) is 0 Å². The number of anilines is 2. The van der Waals surface area contributed by atoms with Gasteiger partial charge in [-0.15, -0.1) is 11.3 Å². The van der Waals surface area contributed by atoms with Crippen molar-refractivity contribution in [1.82, 2.24) is 4.98 Å². The maximum Gasteiger partial charge on any atom is 0.187 e. The van der Waals surface area contributed by atoms with Crippen molar-refractivity contribution in [2.45, 2.75) is 6.92 Å². The van der Waals surface area contributed by atoms with E-state index in [-0.39, 0.29) is 5.75 Å². The zero-order valence-corrected chi connectivity index (χ0v) is 8.51. The summed E-state index contributed by atoms with van der Waals surface area (Å²) in [5.74, 6) is 0.253. The zero-order chi connectivity index (χ0) is 9.97. The maximum atomic E-state index is 9.24. The molecule has 0 aliphatic carbocycles. The van der Waals surface area contributed by atoms with Gasteiger partial charge in [0.05, 0.1) is 0 Å². The molecule has 0 spiro atoms. The fourth-order valence-corrected chi connectivity index (χ4v) is 1.80. The van der Waals surface area contributed by atoms with Gasteiger partial charge in [-0.3, -0.25) is 0 Å². The molecule has 3 nitrogen and oxygen atoms in total. The van der Waals surface area contributed by atoms with E-state index in [0.29, 0.717) is 0 Å². The number of nitrogens with one attached hydrogen (secondary N) is 1. The number of nitrogens with zero attached hydrogens (tertiary/aromatic N) is 1. The Morgan fingerprint density at radius 2 is 2.29 bits per heavy atom. The van der Waals surface area contributed by atoms with Crippen molar-refractivity contribution in [3.63, 3.8) is 0 Å². The Bertz CT molecular complexity index is 439. The van der Waals surface area contributed by atoms with Crippen molar-refractivity contribution in [3.8, 4) is 5.75 Å². The number of aromatic nitrogens is 1. The summed E-state index contributed by atoms with van der Waals surface area (Å²) in [6.07, 6.45) is 1.82. The highest BCUT2D eigenvalue weighted by Crippen LogP contribution is 2.23. The summed E-state index contributed by atoms with van der Waals surface area (Å²) in [7, 11) is 0. The van der Waals surface area contributed by atoms with Gasteiger partial charge in [0.1, 0.15) is 5.75 Å². The molecule has 0 radical (unpaired) electrons. The molecule has 1 aromatic carbocycles. The smallest absolute Gasteiger partial charge is 0.187 e. The zero-order valence-electron chi connectivity index (χ0n) is 7.69. The third-order valence-corrected chi connectivity index (χ3v) is 2.55. The number of rotatable bonds is 2. The number of phenols is 1. The van der Waals surface area contributed by atoms with Crippen LogP contribution in [0.2, 0.25) is 0 Å². The van der Waals surface area contributed by atoms with E-state index in [1.165, 1.54) is 0 Å². The molecule has 72 valence electrons. The van der Waals surface area contributed by atoms with E-state index < -0.39 is 0 Å². The van der Waals surface area contributed by atoms with E-state index in [0.717, 1.165) is 15.7 Å². The molecule has 0 aliphatic rings. The summed E-state index contributed by atoms with van der Waals surface area (Å²) < 4.78 is 0. The van der Waals surface area contributed by atoms with Gasteiger partial charge in [-0.25, -0.2) is 4.98 Å². The fraction of sp³-hybridized carbons (Fsp3) is 0.100. The highest BCUT2D eigenvalue weighted by Gasteiger charge is 1.99. The first-order valence-electron chi connectivity index (χ1n) is 4.22. The quantitative estimate of drug-likeness (QED) is 0.794. The molecule has 1 aromatic heterocycles. The van der Waals surface area contributed by atoms with Crippen LogP contribution in [-0.4, -0.2) is 10.1 Å². The Balaban J connectivity index is 2.18. The summed E-state index contributed by atoms with van der Waals surface area (Å²) >= 11 is 1.58. The van der Waals surface area contributed by atoms with Gasteiger partial charge in [-0.2, -0.15) is 0 Å². The summed E-state index contributed by atoms with van der Waals surface area (Å²) in [5.41, 5.74) is 0.847. The number of thiazole rings is 1. The first-order valence-corrected chi connectivity index (χ1v) is 5.04. The number of hydrogen-bond acceptors (Lipinski definition) is 4. The van der Waals surface area contributed by atoms with E-state index in [1.807, 2.05) is 19.2 Å². The van der Waals surface area contributed by atoms with E-state index in [1.54, 1.807) is 29.5 Å². The predicted molar refractivity (Wildman–Crippen MR) is 58.2 cm³/mol. The van der Waals surface area contributed by atoms with Crippen molar-refractivity contribution >= 4 is 22.2 Å². The van der Waals surface area contributed by atoms with Gasteiger partial charge in [-0.1, -0.05) is 6.07 Å². The van der Waals surface area contributed by atoms with Gasteiger partial charge in [0, 0.05) is 22.8 Å². The fourth-order valence-electron chi connectivity index (χ4n) is 1.12. The third kappa shape index (κ3) is 2.03. The maximum absolute atomic E-state index is 9.24. The van der Waals surface area contributed by atoms with Crippen molar-refractivity contribution in [1.29, 1.82) is 0 Å². The largest absolute Gasteiger partial charge is 0.508 e. The summed E-state index contributed by atoms with van der Waals surface area (Å²) in [4.78, 5) is 5.33. The first-order chi connectivity index (χ1) is 6.74. The number of hydrogen-bond donors (Lipinski definition) is 2. The molecular weight excluding hydrogens is 196 g/mol. The second-order valence-electron chi connectivity index (χ2n) is 2.95. The second kappa shape index (κ2) is 3.67. The van der Waals surface area contributed by atoms with Crippen molar-refractivity contribution in [3.05, 3.63) is 35.3 Å². The average molecular weight is 206 g/mol. The molecule has 1 heterocycles. The molecule has 0 amide bonds. The van der Waals surface area contributed by atoms with Gasteiger partial charge < -0.3 is 10.4 Å². The number of aromatic hydroxyl groups is 1. The first kappa shape index (κ1) is 9.02. The molecule has 14 heavy (non-hydrogen) atoms. The van der Waals surface area contributed by atoms with Gasteiger partial charge in [0.15, 0.2) is 5.13 Å². The van der Waals surface area contributed by atoms with Crippen molar-refractivity contribution in [2.75, 3.05) is 5.32 Å². The SMILES string of the molecule is Cc1cnc(Nc2cccc(O)c2)s1. The van der Waals surface area contributed by atoms with E-state index in [9.17, 15) is 5.11 Å². The van der Waals surface area contributed by atoms with Gasteiger partial charge in [0.25, 0.3) is 0 Å². The number of aryl methyl sites for hydroxylation is 1. The lowest BCUT2D eigenvalue weighted by atomic mass is 10.3. The van der Waals surface area contributed by atoms with Crippen LogP contribution in [0, 0.1) is 6.92 Å². The number of phenolic OH excluding ortho intramolecular Hbond substituents is 1. The lowest BCUT2D eigenvalue weighted by molar-refractivity contribution is 0.475. The second-order valence-corrected chi connectivity index (χ2v) is 4.19. The van der Waals surface area contributed by atoms with Gasteiger partial charge >= 0.3 is 0 Å². The Kier molecular flexibility index (Phi) is 2.37. The van der Waals surface area contributed by atoms with Crippen LogP contribution in [-0.2, 0) is 0 Å². The minimum Gasteiger partial charge on any atom is -0.508 e. The highest BCUT2D eigenvalue weighted by molar-refractivity contribution is 7.15. The normalized spacial score (nSPS) is 10.1. The third-order valence-electron chi connectivity index (χ3n) is 1.72. The van der Waals surface area contributed by atoms with E-state index >= 15 is 0 Å². The Morgan fingerprint density at radius 1 is 1.43 bits per heavy atom. The van der Waals surface area contributed by atoms with Crippen molar-refractivity contribution < 1.29 is 5.11 Å². The van der Waals surface area contributed by atoms with Crippen LogP contribution in [0.3, 0.4) is 0 Å². The summed E-state index contributed by atoms with van der Waals surface area (Å²) in [5, 5.41) is 13.2. The molecule has 4 heteroatoms. The van der Waals surface area contributed by atoms with Crippen LogP contribution in [0.15, 0.2) is 30.5 Å². The monoisotopic (exact) mass is 206 g/mol. The Labute approximate surface area is 86.1 Å². The molecule has 0 unspecified atom stereocenters. The highest BCUT2D eigenvalue weighted by atomic mass is 32.1. The van der Waals surface area contributed by atoms with E-state index in [2.05, 4.69) is 10.3 Å². The molecule has 0 atom stereocenters. The molecule has 2 aromatic rings. The molecule has 0 aliphatic heterocycles. The van der Waals surface area contributed by atoms with Crippen LogP contribution in [0.1, 0.15) is 4.88 Å². The standard InChI is InChI=1S/C10H10N2OS/c1-7-6-11-10(14-7)12-8-3-2-4-9(13)5-8/h2-6,13H,1H3,(H,11,12). The lowest BCUT2D eigenvalue weighted by Crippen LogP contribution is -1.87. The lowest BCUT2D eigenvalue weighted by Gasteiger charge is -2.01. The molecule has 2 rings (SSSR count). The summed E-state index contributed by atoms with van der Waals surface area (Å²) in [6, 6.07) is 6.98. The Hall–Kier alpha value is -1.55. The Morgan fingerprint density at radius 3 is 2.93 bits per heavy atom. The topological polar surface area (TPSA) is 45.2 Å². The van der Waals surface area contributed by atoms with Crippen LogP contribution >= 0.6 is 11.3 Å². The number of benzene rings is 1. The van der Waals surface area contributed by atoms with Crippen LogP contribution in [0.5, 0.6) is 5.75 Å². The van der Waals surface area contributed by atoms with E-state index in [4.69, 9.17) is 0 Å². The van der Waals surface area contributed by atoms with Crippen LogP contribution in [0.4, 0.5) is 10.8 Å².